The van der Waals surface area contributed by atoms with Crippen molar-refractivity contribution >= 4 is 23.2 Å². The van der Waals surface area contributed by atoms with E-state index >= 15 is 0 Å². The van der Waals surface area contributed by atoms with Gasteiger partial charge in [0.05, 0.1) is 10.7 Å². The van der Waals surface area contributed by atoms with Gasteiger partial charge < -0.3 is 9.88 Å². The van der Waals surface area contributed by atoms with Crippen LogP contribution in [0.1, 0.15) is 19.9 Å². The highest BCUT2D eigenvalue weighted by atomic mass is 35.5. The van der Waals surface area contributed by atoms with E-state index in [9.17, 15) is 0 Å². The van der Waals surface area contributed by atoms with E-state index in [4.69, 9.17) is 11.6 Å². The molecule has 3 nitrogen and oxygen atoms in total. The van der Waals surface area contributed by atoms with Crippen LogP contribution < -0.4 is 5.32 Å². The number of nitrogens with zero attached hydrogens (tertiary/aromatic N) is 2. The lowest BCUT2D eigenvalue weighted by Crippen LogP contribution is -2.05. The van der Waals surface area contributed by atoms with Crippen molar-refractivity contribution in [3.05, 3.63) is 41.7 Å². The molecular formula is C12H14ClN3. The van der Waals surface area contributed by atoms with Gasteiger partial charge in [-0.2, -0.15) is 0 Å². The first-order chi connectivity index (χ1) is 7.68. The summed E-state index contributed by atoms with van der Waals surface area (Å²) in [5.74, 6) is 0.808. The first-order valence-electron chi connectivity index (χ1n) is 5.23. The summed E-state index contributed by atoms with van der Waals surface area (Å²) in [7, 11) is 0. The van der Waals surface area contributed by atoms with Gasteiger partial charge >= 0.3 is 0 Å². The second-order valence-corrected chi connectivity index (χ2v) is 4.26. The molecule has 0 amide bonds. The Labute approximate surface area is 100 Å². The molecule has 84 valence electrons. The summed E-state index contributed by atoms with van der Waals surface area (Å²) < 4.78 is 2.06. The summed E-state index contributed by atoms with van der Waals surface area (Å²) >= 11 is 6.07. The fraction of sp³-hybridized carbons (Fsp3) is 0.250. The lowest BCUT2D eigenvalue weighted by molar-refractivity contribution is 0.608. The van der Waals surface area contributed by atoms with Crippen molar-refractivity contribution in [1.29, 1.82) is 0 Å². The summed E-state index contributed by atoms with van der Waals surface area (Å²) in [6, 6.07) is 8.00. The lowest BCUT2D eigenvalue weighted by Gasteiger charge is -2.13. The van der Waals surface area contributed by atoms with Crippen LogP contribution in [0.25, 0.3) is 0 Å². The molecule has 0 aliphatic rings. The Bertz CT molecular complexity index is 477. The number of anilines is 2. The van der Waals surface area contributed by atoms with Crippen molar-refractivity contribution < 1.29 is 0 Å². The van der Waals surface area contributed by atoms with Crippen LogP contribution in [0.3, 0.4) is 0 Å². The normalized spacial score (nSPS) is 10.8. The highest BCUT2D eigenvalue weighted by Crippen LogP contribution is 2.25. The van der Waals surface area contributed by atoms with Crippen LogP contribution in [0.5, 0.6) is 0 Å². The molecule has 0 spiro atoms. The van der Waals surface area contributed by atoms with Gasteiger partial charge in [-0.1, -0.05) is 23.7 Å². The van der Waals surface area contributed by atoms with Gasteiger partial charge in [-0.3, -0.25) is 0 Å². The molecule has 0 aliphatic carbocycles. The van der Waals surface area contributed by atoms with Crippen molar-refractivity contribution in [2.24, 2.45) is 0 Å². The van der Waals surface area contributed by atoms with E-state index in [1.165, 1.54) is 0 Å². The number of benzene rings is 1. The average molecular weight is 236 g/mol. The smallest absolute Gasteiger partial charge is 0.207 e. The SMILES string of the molecule is CC(C)n1ccnc1Nc1ccccc1Cl. The molecule has 1 heterocycles. The Morgan fingerprint density at radius 2 is 2.06 bits per heavy atom. The molecule has 1 aromatic heterocycles. The summed E-state index contributed by atoms with van der Waals surface area (Å²) in [5.41, 5.74) is 0.872. The summed E-state index contributed by atoms with van der Waals surface area (Å²) in [4.78, 5) is 4.27. The maximum absolute atomic E-state index is 6.07. The highest BCUT2D eigenvalue weighted by molar-refractivity contribution is 6.33. The number of aromatic nitrogens is 2. The van der Waals surface area contributed by atoms with Crippen LogP contribution in [0, 0.1) is 0 Å². The van der Waals surface area contributed by atoms with Crippen LogP contribution in [0.2, 0.25) is 5.02 Å². The molecule has 0 radical (unpaired) electrons. The Kier molecular flexibility index (Phi) is 3.15. The zero-order valence-electron chi connectivity index (χ0n) is 9.31. The number of para-hydroxylation sites is 1. The third-order valence-corrected chi connectivity index (χ3v) is 2.67. The van der Waals surface area contributed by atoms with E-state index in [0.29, 0.717) is 11.1 Å². The van der Waals surface area contributed by atoms with Crippen molar-refractivity contribution in [2.75, 3.05) is 5.32 Å². The van der Waals surface area contributed by atoms with Crippen LogP contribution in [-0.2, 0) is 0 Å². The summed E-state index contributed by atoms with van der Waals surface area (Å²) in [6.07, 6.45) is 3.73. The molecule has 0 atom stereocenters. The topological polar surface area (TPSA) is 29.9 Å². The number of imidazole rings is 1. The Balaban J connectivity index is 2.27. The zero-order valence-corrected chi connectivity index (χ0v) is 10.1. The second-order valence-electron chi connectivity index (χ2n) is 3.86. The first-order valence-corrected chi connectivity index (χ1v) is 5.60. The number of hydrogen-bond donors (Lipinski definition) is 1. The van der Waals surface area contributed by atoms with Gasteiger partial charge in [0.25, 0.3) is 0 Å². The molecule has 0 aliphatic heterocycles. The fourth-order valence-electron chi connectivity index (χ4n) is 1.51. The van der Waals surface area contributed by atoms with Gasteiger partial charge in [0.2, 0.25) is 5.95 Å². The number of hydrogen-bond acceptors (Lipinski definition) is 2. The molecule has 1 aromatic carbocycles. The third-order valence-electron chi connectivity index (χ3n) is 2.35. The predicted molar refractivity (Wildman–Crippen MR) is 67.3 cm³/mol. The van der Waals surface area contributed by atoms with E-state index < -0.39 is 0 Å². The van der Waals surface area contributed by atoms with E-state index in [1.807, 2.05) is 30.5 Å². The average Bonchev–Trinajstić information content (AvgIpc) is 2.69. The predicted octanol–water partition coefficient (Wildman–Crippen LogP) is 3.86. The van der Waals surface area contributed by atoms with E-state index in [2.05, 4.69) is 28.7 Å². The molecule has 1 N–H and O–H groups in total. The fourth-order valence-corrected chi connectivity index (χ4v) is 1.69. The van der Waals surface area contributed by atoms with Gasteiger partial charge in [0.1, 0.15) is 0 Å². The van der Waals surface area contributed by atoms with Crippen LogP contribution in [-0.4, -0.2) is 9.55 Å². The summed E-state index contributed by atoms with van der Waals surface area (Å²) in [5, 5.41) is 3.92. The minimum absolute atomic E-state index is 0.368. The van der Waals surface area contributed by atoms with E-state index in [0.717, 1.165) is 11.6 Å². The third kappa shape index (κ3) is 2.19. The Morgan fingerprint density at radius 3 is 2.75 bits per heavy atom. The van der Waals surface area contributed by atoms with Crippen molar-refractivity contribution in [2.45, 2.75) is 19.9 Å². The van der Waals surface area contributed by atoms with Crippen molar-refractivity contribution in [3.63, 3.8) is 0 Å². The molecule has 4 heteroatoms. The molecule has 0 saturated carbocycles. The number of halogens is 1. The van der Waals surface area contributed by atoms with Gasteiger partial charge in [-0.15, -0.1) is 0 Å². The largest absolute Gasteiger partial charge is 0.324 e. The zero-order chi connectivity index (χ0) is 11.5. The Hall–Kier alpha value is -1.48. The van der Waals surface area contributed by atoms with Crippen molar-refractivity contribution in [1.82, 2.24) is 9.55 Å². The molecule has 16 heavy (non-hydrogen) atoms. The van der Waals surface area contributed by atoms with Gasteiger partial charge in [-0.25, -0.2) is 4.98 Å². The number of rotatable bonds is 3. The van der Waals surface area contributed by atoms with E-state index in [-0.39, 0.29) is 0 Å². The molecule has 0 unspecified atom stereocenters. The van der Waals surface area contributed by atoms with Gasteiger partial charge in [0, 0.05) is 18.4 Å². The quantitative estimate of drug-likeness (QED) is 0.876. The maximum Gasteiger partial charge on any atom is 0.207 e. The molecular weight excluding hydrogens is 222 g/mol. The standard InChI is InChI=1S/C12H14ClN3/c1-9(2)16-8-7-14-12(16)15-11-6-4-3-5-10(11)13/h3-9H,1-2H3,(H,14,15). The van der Waals surface area contributed by atoms with Crippen LogP contribution in [0.15, 0.2) is 36.7 Å². The van der Waals surface area contributed by atoms with E-state index in [1.54, 1.807) is 6.20 Å². The first kappa shape index (κ1) is 11.0. The monoisotopic (exact) mass is 235 g/mol. The lowest BCUT2D eigenvalue weighted by atomic mass is 10.3. The maximum atomic E-state index is 6.07. The minimum atomic E-state index is 0.368. The van der Waals surface area contributed by atoms with Crippen LogP contribution in [0.4, 0.5) is 11.6 Å². The van der Waals surface area contributed by atoms with Gasteiger partial charge in [-0.05, 0) is 26.0 Å². The van der Waals surface area contributed by atoms with Crippen molar-refractivity contribution in [3.8, 4) is 0 Å². The Morgan fingerprint density at radius 1 is 1.31 bits per heavy atom. The number of nitrogens with one attached hydrogen (secondary N) is 1. The van der Waals surface area contributed by atoms with Gasteiger partial charge in [0.15, 0.2) is 0 Å². The van der Waals surface area contributed by atoms with Crippen LogP contribution >= 0.6 is 11.6 Å². The molecule has 0 bridgehead atoms. The second kappa shape index (κ2) is 4.58. The minimum Gasteiger partial charge on any atom is -0.324 e. The molecule has 2 rings (SSSR count). The molecule has 2 aromatic rings. The molecule has 0 saturated heterocycles. The summed E-state index contributed by atoms with van der Waals surface area (Å²) in [6.45, 7) is 4.22. The highest BCUT2D eigenvalue weighted by Gasteiger charge is 2.07. The molecule has 0 fully saturated rings.